The van der Waals surface area contributed by atoms with Gasteiger partial charge in [-0.25, -0.2) is 0 Å². The van der Waals surface area contributed by atoms with Crippen molar-refractivity contribution in [3.8, 4) is 0 Å². The van der Waals surface area contributed by atoms with Gasteiger partial charge in [0.15, 0.2) is 6.29 Å². The van der Waals surface area contributed by atoms with E-state index in [-0.39, 0.29) is 12.4 Å². The molecule has 2 nitrogen and oxygen atoms in total. The highest BCUT2D eigenvalue weighted by molar-refractivity contribution is 4.62. The van der Waals surface area contributed by atoms with Crippen LogP contribution >= 0.6 is 0 Å². The molecule has 1 aliphatic rings. The van der Waals surface area contributed by atoms with E-state index in [1.165, 1.54) is 64.2 Å². The zero-order valence-electron chi connectivity index (χ0n) is 12.6. The molecule has 0 amide bonds. The largest absolute Gasteiger partial charge is 0.350 e. The van der Waals surface area contributed by atoms with E-state index in [0.717, 1.165) is 0 Å². The quantitative estimate of drug-likeness (QED) is 0.655. The first-order valence-corrected chi connectivity index (χ1v) is 7.99. The maximum atomic E-state index is 6.05. The van der Waals surface area contributed by atoms with Gasteiger partial charge in [0.2, 0.25) is 0 Å². The van der Waals surface area contributed by atoms with E-state index in [2.05, 4.69) is 13.8 Å². The van der Waals surface area contributed by atoms with Crippen molar-refractivity contribution in [1.82, 2.24) is 0 Å². The molecule has 1 aliphatic carbocycles. The molecule has 18 heavy (non-hydrogen) atoms. The minimum Gasteiger partial charge on any atom is -0.350 e. The van der Waals surface area contributed by atoms with Crippen LogP contribution in [0.4, 0.5) is 0 Å². The summed E-state index contributed by atoms with van der Waals surface area (Å²) in [5, 5.41) is 0. The van der Waals surface area contributed by atoms with Gasteiger partial charge in [0, 0.05) is 0 Å². The highest BCUT2D eigenvalue weighted by atomic mass is 16.7. The number of hydrogen-bond acceptors (Lipinski definition) is 2. The molecule has 1 atom stereocenters. The standard InChI is InChI=1S/C16H32O2/c1-14(2)17-15(3)18-16-12-10-8-6-4-5-7-9-11-13-16/h14-16H,4-13H2,1-3H3. The lowest BCUT2D eigenvalue weighted by Crippen LogP contribution is -2.24. The summed E-state index contributed by atoms with van der Waals surface area (Å²) in [4.78, 5) is 0. The van der Waals surface area contributed by atoms with Gasteiger partial charge in [0.25, 0.3) is 0 Å². The minimum absolute atomic E-state index is 0.0554. The summed E-state index contributed by atoms with van der Waals surface area (Å²) >= 11 is 0. The Morgan fingerprint density at radius 1 is 0.722 bits per heavy atom. The van der Waals surface area contributed by atoms with Gasteiger partial charge >= 0.3 is 0 Å². The Morgan fingerprint density at radius 2 is 1.17 bits per heavy atom. The molecule has 0 aromatic rings. The molecule has 0 aromatic carbocycles. The Hall–Kier alpha value is -0.0800. The third kappa shape index (κ3) is 8.10. The van der Waals surface area contributed by atoms with E-state index < -0.39 is 0 Å². The maximum absolute atomic E-state index is 6.05. The van der Waals surface area contributed by atoms with Crippen LogP contribution in [0, 0.1) is 0 Å². The van der Waals surface area contributed by atoms with Gasteiger partial charge < -0.3 is 9.47 Å². The van der Waals surface area contributed by atoms with Crippen LogP contribution in [0.3, 0.4) is 0 Å². The van der Waals surface area contributed by atoms with Gasteiger partial charge in [-0.1, -0.05) is 51.4 Å². The predicted octanol–water partition coefficient (Wildman–Crippen LogP) is 5.06. The summed E-state index contributed by atoms with van der Waals surface area (Å²) in [7, 11) is 0. The monoisotopic (exact) mass is 256 g/mol. The number of hydrogen-bond donors (Lipinski definition) is 0. The molecule has 0 saturated heterocycles. The number of ether oxygens (including phenoxy) is 2. The molecule has 1 fully saturated rings. The van der Waals surface area contributed by atoms with Crippen molar-refractivity contribution in [1.29, 1.82) is 0 Å². The fourth-order valence-electron chi connectivity index (χ4n) is 2.77. The lowest BCUT2D eigenvalue weighted by atomic mass is 10.1. The molecule has 0 N–H and O–H groups in total. The smallest absolute Gasteiger partial charge is 0.155 e. The normalized spacial score (nSPS) is 22.7. The van der Waals surface area contributed by atoms with Gasteiger partial charge in [0.05, 0.1) is 12.2 Å². The molecule has 0 radical (unpaired) electrons. The van der Waals surface area contributed by atoms with Crippen LogP contribution < -0.4 is 0 Å². The van der Waals surface area contributed by atoms with Crippen LogP contribution in [-0.4, -0.2) is 18.5 Å². The zero-order valence-corrected chi connectivity index (χ0v) is 12.6. The van der Waals surface area contributed by atoms with E-state index in [1.54, 1.807) is 0 Å². The molecule has 0 spiro atoms. The van der Waals surface area contributed by atoms with Crippen LogP contribution in [0.2, 0.25) is 0 Å². The summed E-state index contributed by atoms with van der Waals surface area (Å²) in [6.45, 7) is 6.17. The Labute approximate surface area is 113 Å². The van der Waals surface area contributed by atoms with Crippen LogP contribution in [0.5, 0.6) is 0 Å². The average Bonchev–Trinajstić information content (AvgIpc) is 2.34. The van der Waals surface area contributed by atoms with Crippen molar-refractivity contribution >= 4 is 0 Å². The van der Waals surface area contributed by atoms with Gasteiger partial charge in [-0.05, 0) is 33.6 Å². The molecule has 0 aromatic heterocycles. The van der Waals surface area contributed by atoms with Crippen molar-refractivity contribution < 1.29 is 9.47 Å². The topological polar surface area (TPSA) is 18.5 Å². The summed E-state index contributed by atoms with van der Waals surface area (Å²) in [5.74, 6) is 0. The van der Waals surface area contributed by atoms with E-state index in [9.17, 15) is 0 Å². The van der Waals surface area contributed by atoms with Crippen LogP contribution in [0.25, 0.3) is 0 Å². The summed E-state index contributed by atoms with van der Waals surface area (Å²) < 4.78 is 11.7. The van der Waals surface area contributed by atoms with E-state index >= 15 is 0 Å². The number of rotatable bonds is 4. The second-order valence-corrected chi connectivity index (χ2v) is 5.92. The van der Waals surface area contributed by atoms with Crippen molar-refractivity contribution in [2.24, 2.45) is 0 Å². The third-order valence-electron chi connectivity index (χ3n) is 3.65. The van der Waals surface area contributed by atoms with Gasteiger partial charge in [0.1, 0.15) is 0 Å². The predicted molar refractivity (Wildman–Crippen MR) is 76.7 cm³/mol. The Balaban J connectivity index is 2.29. The second kappa shape index (κ2) is 9.80. The highest BCUT2D eigenvalue weighted by Gasteiger charge is 2.14. The third-order valence-corrected chi connectivity index (χ3v) is 3.65. The zero-order chi connectivity index (χ0) is 13.2. The summed E-state index contributed by atoms with van der Waals surface area (Å²) in [5.41, 5.74) is 0. The lowest BCUT2D eigenvalue weighted by molar-refractivity contribution is -0.180. The first-order valence-electron chi connectivity index (χ1n) is 7.99. The molecule has 1 unspecified atom stereocenters. The molecule has 2 heteroatoms. The fourth-order valence-corrected chi connectivity index (χ4v) is 2.77. The minimum atomic E-state index is -0.0554. The van der Waals surface area contributed by atoms with Crippen LogP contribution in [-0.2, 0) is 9.47 Å². The van der Waals surface area contributed by atoms with Crippen LogP contribution in [0.15, 0.2) is 0 Å². The Morgan fingerprint density at radius 3 is 1.61 bits per heavy atom. The first-order chi connectivity index (χ1) is 8.68. The van der Waals surface area contributed by atoms with E-state index in [0.29, 0.717) is 6.10 Å². The summed E-state index contributed by atoms with van der Waals surface area (Å²) in [6.07, 6.45) is 14.1. The van der Waals surface area contributed by atoms with Gasteiger partial charge in [-0.3, -0.25) is 0 Å². The first kappa shape index (κ1) is 16.0. The molecular weight excluding hydrogens is 224 g/mol. The fraction of sp³-hybridized carbons (Fsp3) is 1.00. The van der Waals surface area contributed by atoms with Gasteiger partial charge in [-0.15, -0.1) is 0 Å². The van der Waals surface area contributed by atoms with Crippen LogP contribution in [0.1, 0.15) is 85.0 Å². The highest BCUT2D eigenvalue weighted by Crippen LogP contribution is 2.20. The van der Waals surface area contributed by atoms with Crippen molar-refractivity contribution in [2.45, 2.75) is 103 Å². The average molecular weight is 256 g/mol. The summed E-state index contributed by atoms with van der Waals surface area (Å²) in [6, 6.07) is 0. The Bertz CT molecular complexity index is 180. The molecule has 0 heterocycles. The second-order valence-electron chi connectivity index (χ2n) is 5.92. The Kier molecular flexibility index (Phi) is 8.70. The molecule has 1 rings (SSSR count). The van der Waals surface area contributed by atoms with E-state index in [4.69, 9.17) is 9.47 Å². The maximum Gasteiger partial charge on any atom is 0.155 e. The van der Waals surface area contributed by atoms with E-state index in [1.807, 2.05) is 6.92 Å². The molecule has 1 saturated carbocycles. The SMILES string of the molecule is CC(C)OC(C)OC1CCCCCCCCCC1. The van der Waals surface area contributed by atoms with Gasteiger partial charge in [-0.2, -0.15) is 0 Å². The van der Waals surface area contributed by atoms with Crippen molar-refractivity contribution in [3.05, 3.63) is 0 Å². The molecule has 0 aliphatic heterocycles. The van der Waals surface area contributed by atoms with Crippen molar-refractivity contribution in [3.63, 3.8) is 0 Å². The molecular formula is C16H32O2. The molecule has 108 valence electrons. The lowest BCUT2D eigenvalue weighted by Gasteiger charge is -2.24. The van der Waals surface area contributed by atoms with Crippen molar-refractivity contribution in [2.75, 3.05) is 0 Å². The molecule has 0 bridgehead atoms.